The van der Waals surface area contributed by atoms with Crippen LogP contribution in [-0.2, 0) is 18.4 Å². The minimum Gasteiger partial charge on any atom is -0.520 e. The van der Waals surface area contributed by atoms with Crippen LogP contribution in [0.5, 0.6) is 0 Å². The van der Waals surface area contributed by atoms with Crippen molar-refractivity contribution in [1.29, 1.82) is 0 Å². The molecule has 0 N–H and O–H groups in total. The molecule has 4 fully saturated rings. The summed E-state index contributed by atoms with van der Waals surface area (Å²) >= 11 is 0. The summed E-state index contributed by atoms with van der Waals surface area (Å²) in [4.78, 5) is 25.9. The van der Waals surface area contributed by atoms with Gasteiger partial charge in [-0.05, 0) is 114 Å². The molecule has 2 aromatic carbocycles. The van der Waals surface area contributed by atoms with E-state index in [9.17, 15) is 9.59 Å². The summed E-state index contributed by atoms with van der Waals surface area (Å²) in [6, 6.07) is 13.7. The predicted molar refractivity (Wildman–Crippen MR) is 199 cm³/mol. The lowest BCUT2D eigenvalue weighted by Gasteiger charge is -2.31. The molecule has 0 spiro atoms. The molecule has 0 saturated heterocycles. The van der Waals surface area contributed by atoms with Crippen molar-refractivity contribution in [3.63, 3.8) is 0 Å². The summed E-state index contributed by atoms with van der Waals surface area (Å²) in [5.41, 5.74) is 6.26. The van der Waals surface area contributed by atoms with Gasteiger partial charge >= 0.3 is 0 Å². The fraction of sp³-hybridized carbons (Fsp3) is 0.659. The lowest BCUT2D eigenvalue weighted by molar-refractivity contribution is -0.135. The Morgan fingerprint density at radius 2 is 0.830 bits per heavy atom. The molecule has 47 heavy (non-hydrogen) atoms. The second-order valence-electron chi connectivity index (χ2n) is 15.4. The van der Waals surface area contributed by atoms with E-state index in [0.29, 0.717) is 42.9 Å². The van der Waals surface area contributed by atoms with Crippen LogP contribution in [0.15, 0.2) is 36.4 Å². The number of carbonyl (C=O) groups excluding carboxylic acids is 2. The van der Waals surface area contributed by atoms with Crippen LogP contribution in [0.25, 0.3) is 0 Å². The van der Waals surface area contributed by atoms with Crippen LogP contribution in [0, 0.1) is 0 Å². The topological polar surface area (TPSA) is 52.6 Å². The van der Waals surface area contributed by atoms with Gasteiger partial charge in [-0.1, -0.05) is 113 Å². The van der Waals surface area contributed by atoms with Crippen LogP contribution in [0.3, 0.4) is 0 Å². The van der Waals surface area contributed by atoms with Gasteiger partial charge in [0, 0.05) is 12.8 Å². The van der Waals surface area contributed by atoms with E-state index >= 15 is 0 Å². The highest BCUT2D eigenvalue weighted by Gasteiger charge is 2.28. The summed E-state index contributed by atoms with van der Waals surface area (Å²) in [7, 11) is -2.34. The summed E-state index contributed by atoms with van der Waals surface area (Å²) < 4.78 is 12.0. The lowest BCUT2D eigenvalue weighted by Crippen LogP contribution is -2.29. The fourth-order valence-corrected chi connectivity index (χ4v) is 12.4. The second-order valence-corrected chi connectivity index (χ2v) is 18.0. The number of hydrogen-bond acceptors (Lipinski definition) is 4. The molecule has 4 nitrogen and oxygen atoms in total. The van der Waals surface area contributed by atoms with Crippen molar-refractivity contribution >= 4 is 41.8 Å². The van der Waals surface area contributed by atoms with Crippen molar-refractivity contribution in [3.05, 3.63) is 58.7 Å². The van der Waals surface area contributed by atoms with Gasteiger partial charge in [-0.15, -0.1) is 0 Å². The molecule has 0 atom stereocenters. The molecule has 0 bridgehead atoms. The van der Waals surface area contributed by atoms with E-state index in [1.165, 1.54) is 139 Å². The average Bonchev–Trinajstić information content (AvgIpc) is 3.14. The monoisotopic (exact) mass is 672 g/mol. The second kappa shape index (κ2) is 18.0. The van der Waals surface area contributed by atoms with Crippen molar-refractivity contribution in [2.75, 3.05) is 0 Å². The van der Waals surface area contributed by atoms with Gasteiger partial charge in [-0.25, -0.2) is 0 Å². The summed E-state index contributed by atoms with van der Waals surface area (Å²) in [6.45, 7) is 0. The molecule has 4 saturated carbocycles. The third-order valence-electron chi connectivity index (χ3n) is 12.1. The number of carbonyl (C=O) groups is 2. The molecule has 0 unspecified atom stereocenters. The van der Waals surface area contributed by atoms with Gasteiger partial charge in [-0.3, -0.25) is 9.59 Å². The molecule has 0 amide bonds. The maximum absolute atomic E-state index is 12.9. The Balaban J connectivity index is 1.01. The molecule has 4 aliphatic rings. The first-order valence-electron chi connectivity index (χ1n) is 19.7. The molecule has 6 rings (SSSR count). The molecule has 0 radical (unpaired) electrons. The van der Waals surface area contributed by atoms with E-state index < -0.39 is 19.5 Å². The van der Waals surface area contributed by atoms with Crippen LogP contribution < -0.4 is 10.4 Å². The fourth-order valence-electron chi connectivity index (χ4n) is 9.67. The minimum absolute atomic E-state index is 0.140. The van der Waals surface area contributed by atoms with Gasteiger partial charge in [0.25, 0.3) is 31.5 Å². The highest BCUT2D eigenvalue weighted by atomic mass is 28.2. The standard InChI is InChI=1S/C41H60O4Si2/c42-38(44-46-36-26-13-24-34(30-16-5-1-6-17-30)40(36)32-20-9-3-10-21-32)28-15-29-39(43)45-47-37-27-14-25-35(31-18-7-2-8-19-31)41(37)33-22-11-4-12-23-33/h13-14,24-27,30-33H,1-12,15-23,28-29,46-47H2. The Labute approximate surface area is 289 Å². The Morgan fingerprint density at radius 3 is 1.19 bits per heavy atom. The third kappa shape index (κ3) is 9.50. The Kier molecular flexibility index (Phi) is 13.3. The highest BCUT2D eigenvalue weighted by molar-refractivity contribution is 6.50. The molecule has 6 heteroatoms. The van der Waals surface area contributed by atoms with Crippen molar-refractivity contribution in [2.24, 2.45) is 0 Å². The first-order chi connectivity index (χ1) is 23.2. The zero-order valence-electron chi connectivity index (χ0n) is 29.1. The van der Waals surface area contributed by atoms with Crippen LogP contribution in [-0.4, -0.2) is 31.5 Å². The summed E-state index contributed by atoms with van der Waals surface area (Å²) in [5.74, 6) is 2.33. The molecule has 256 valence electrons. The third-order valence-corrected chi connectivity index (χ3v) is 14.9. The quantitative estimate of drug-likeness (QED) is 0.213. The van der Waals surface area contributed by atoms with E-state index in [4.69, 9.17) is 8.85 Å². The van der Waals surface area contributed by atoms with E-state index in [1.807, 2.05) is 0 Å². The zero-order chi connectivity index (χ0) is 32.3. The summed E-state index contributed by atoms with van der Waals surface area (Å²) in [6.07, 6.45) is 27.5. The number of rotatable bonds is 12. The van der Waals surface area contributed by atoms with Gasteiger partial charge < -0.3 is 8.85 Å². The van der Waals surface area contributed by atoms with Gasteiger partial charge in [0.1, 0.15) is 0 Å². The SMILES string of the molecule is O=C(CCCC(=O)O[SiH2]c1cccc(C2CCCCC2)c1C1CCCCC1)O[SiH2]c1cccc(C2CCCCC2)c1C1CCCCC1. The Hall–Kier alpha value is -2.19. The van der Waals surface area contributed by atoms with E-state index in [-0.39, 0.29) is 11.9 Å². The average molecular weight is 673 g/mol. The van der Waals surface area contributed by atoms with Crippen LogP contribution in [0.2, 0.25) is 0 Å². The molecule has 4 aliphatic carbocycles. The van der Waals surface area contributed by atoms with Gasteiger partial charge in [-0.2, -0.15) is 0 Å². The molecule has 0 aliphatic heterocycles. The Morgan fingerprint density at radius 1 is 0.489 bits per heavy atom. The van der Waals surface area contributed by atoms with Gasteiger partial charge in [0.2, 0.25) is 0 Å². The maximum atomic E-state index is 12.9. The number of benzene rings is 2. The Bertz CT molecular complexity index is 1200. The van der Waals surface area contributed by atoms with E-state index in [2.05, 4.69) is 36.4 Å². The molecule has 0 aromatic heterocycles. The van der Waals surface area contributed by atoms with Crippen LogP contribution in [0.4, 0.5) is 0 Å². The zero-order valence-corrected chi connectivity index (χ0v) is 31.9. The smallest absolute Gasteiger partial charge is 0.292 e. The molecule has 2 aromatic rings. The maximum Gasteiger partial charge on any atom is 0.292 e. The van der Waals surface area contributed by atoms with Crippen molar-refractivity contribution in [1.82, 2.24) is 0 Å². The largest absolute Gasteiger partial charge is 0.520 e. The normalized spacial score (nSPS) is 21.1. The van der Waals surface area contributed by atoms with Crippen molar-refractivity contribution < 1.29 is 18.4 Å². The predicted octanol–water partition coefficient (Wildman–Crippen LogP) is 8.25. The lowest BCUT2D eigenvalue weighted by atomic mass is 9.76. The molecule has 0 heterocycles. The van der Waals surface area contributed by atoms with Crippen molar-refractivity contribution in [2.45, 2.75) is 171 Å². The molecular formula is C41H60O4Si2. The highest BCUT2D eigenvalue weighted by Crippen LogP contribution is 2.41. The van der Waals surface area contributed by atoms with Crippen molar-refractivity contribution in [3.8, 4) is 0 Å². The van der Waals surface area contributed by atoms with Crippen LogP contribution in [0.1, 0.15) is 194 Å². The van der Waals surface area contributed by atoms with Gasteiger partial charge in [0.15, 0.2) is 0 Å². The van der Waals surface area contributed by atoms with E-state index in [0.717, 1.165) is 0 Å². The first-order valence-corrected chi connectivity index (χ1v) is 22.3. The van der Waals surface area contributed by atoms with Crippen LogP contribution >= 0.6 is 0 Å². The number of hydrogen-bond donors (Lipinski definition) is 0. The van der Waals surface area contributed by atoms with E-state index in [1.54, 1.807) is 22.3 Å². The van der Waals surface area contributed by atoms with Gasteiger partial charge in [0.05, 0.1) is 0 Å². The first kappa shape index (κ1) is 34.7. The minimum atomic E-state index is -1.17. The summed E-state index contributed by atoms with van der Waals surface area (Å²) in [5, 5.41) is 2.70. The molecular weight excluding hydrogens is 613 g/mol.